The number of carboxylic acid groups (broad SMARTS) is 1. The molecule has 118 valence electrons. The molecule has 0 bridgehead atoms. The van der Waals surface area contributed by atoms with E-state index in [1.165, 1.54) is 0 Å². The van der Waals surface area contributed by atoms with E-state index >= 15 is 0 Å². The molecule has 0 heterocycles. The van der Waals surface area contributed by atoms with Crippen LogP contribution in [0.2, 0.25) is 0 Å². The number of hydrogen-bond acceptors (Lipinski definition) is 3. The topological polar surface area (TPSA) is 81.7 Å². The maximum Gasteiger partial charge on any atom is 0.329 e. The fourth-order valence-electron chi connectivity index (χ4n) is 2.17. The molecule has 0 aromatic heterocycles. The van der Waals surface area contributed by atoms with E-state index < -0.39 is 17.5 Å². The quantitative estimate of drug-likeness (QED) is 0.602. The molecule has 6 heteroatoms. The first kappa shape index (κ1) is 18.7. The molecule has 0 aromatic carbocycles. The molecule has 0 aliphatic heterocycles. The van der Waals surface area contributed by atoms with E-state index in [0.717, 1.165) is 19.6 Å². The number of likely N-dealkylation sites (N-methyl/N-ethyl adjacent to an activating group) is 1. The Morgan fingerprint density at radius 3 is 2.00 bits per heavy atom. The van der Waals surface area contributed by atoms with E-state index in [-0.39, 0.29) is 6.04 Å². The number of carboxylic acids is 1. The van der Waals surface area contributed by atoms with Crippen LogP contribution in [0.25, 0.3) is 0 Å². The van der Waals surface area contributed by atoms with Crippen molar-refractivity contribution in [3.8, 4) is 0 Å². The van der Waals surface area contributed by atoms with Crippen molar-refractivity contribution < 1.29 is 14.7 Å². The molecule has 6 nitrogen and oxygen atoms in total. The Hall–Kier alpha value is -1.30. The summed E-state index contributed by atoms with van der Waals surface area (Å²) in [7, 11) is 0. The lowest BCUT2D eigenvalue weighted by Gasteiger charge is -2.30. The van der Waals surface area contributed by atoms with E-state index in [4.69, 9.17) is 0 Å². The average molecular weight is 287 g/mol. The zero-order chi connectivity index (χ0) is 15.8. The fraction of sp³-hybridized carbons (Fsp3) is 0.857. The summed E-state index contributed by atoms with van der Waals surface area (Å²) in [6.45, 7) is 12.2. The van der Waals surface area contributed by atoms with Gasteiger partial charge in [0.15, 0.2) is 0 Å². The lowest BCUT2D eigenvalue weighted by atomic mass is 9.93. The van der Waals surface area contributed by atoms with Crippen LogP contribution < -0.4 is 10.6 Å². The van der Waals surface area contributed by atoms with Gasteiger partial charge >= 0.3 is 12.0 Å². The maximum absolute atomic E-state index is 11.9. The van der Waals surface area contributed by atoms with Crippen LogP contribution in [0.4, 0.5) is 4.79 Å². The number of urea groups is 1. The summed E-state index contributed by atoms with van der Waals surface area (Å²) in [4.78, 5) is 25.5. The largest absolute Gasteiger partial charge is 0.480 e. The molecule has 20 heavy (non-hydrogen) atoms. The molecule has 0 rings (SSSR count). The molecule has 1 atom stereocenters. The number of nitrogens with one attached hydrogen (secondary N) is 2. The summed E-state index contributed by atoms with van der Waals surface area (Å²) in [6, 6.07) is -0.453. The van der Waals surface area contributed by atoms with Crippen LogP contribution >= 0.6 is 0 Å². The normalized spacial score (nSPS) is 13.1. The van der Waals surface area contributed by atoms with Gasteiger partial charge in [0.25, 0.3) is 0 Å². The molecule has 0 spiro atoms. The molecular weight excluding hydrogens is 258 g/mol. The summed E-state index contributed by atoms with van der Waals surface area (Å²) < 4.78 is 0. The summed E-state index contributed by atoms with van der Waals surface area (Å²) in [5.41, 5.74) is -1.18. The second kappa shape index (κ2) is 8.79. The van der Waals surface area contributed by atoms with Gasteiger partial charge in [-0.05, 0) is 32.9 Å². The molecule has 0 aliphatic rings. The highest BCUT2D eigenvalue weighted by atomic mass is 16.4. The van der Waals surface area contributed by atoms with Gasteiger partial charge in [-0.25, -0.2) is 9.59 Å². The van der Waals surface area contributed by atoms with E-state index in [0.29, 0.717) is 12.8 Å². The smallest absolute Gasteiger partial charge is 0.329 e. The molecule has 0 saturated carbocycles. The zero-order valence-corrected chi connectivity index (χ0v) is 13.3. The van der Waals surface area contributed by atoms with Gasteiger partial charge in [0.1, 0.15) is 5.54 Å². The minimum Gasteiger partial charge on any atom is -0.480 e. The van der Waals surface area contributed by atoms with Crippen molar-refractivity contribution in [1.82, 2.24) is 15.5 Å². The third-order valence-electron chi connectivity index (χ3n) is 3.77. The van der Waals surface area contributed by atoms with Gasteiger partial charge in [0.2, 0.25) is 0 Å². The summed E-state index contributed by atoms with van der Waals surface area (Å²) in [5, 5.41) is 14.7. The number of nitrogens with zero attached hydrogens (tertiary/aromatic N) is 1. The average Bonchev–Trinajstić information content (AvgIpc) is 2.41. The molecule has 0 fully saturated rings. The van der Waals surface area contributed by atoms with Crippen LogP contribution in [0.5, 0.6) is 0 Å². The van der Waals surface area contributed by atoms with Crippen LogP contribution in [0, 0.1) is 0 Å². The Morgan fingerprint density at radius 2 is 1.65 bits per heavy atom. The van der Waals surface area contributed by atoms with E-state index in [2.05, 4.69) is 29.4 Å². The lowest BCUT2D eigenvalue weighted by Crippen LogP contribution is -2.58. The van der Waals surface area contributed by atoms with Gasteiger partial charge in [0, 0.05) is 12.6 Å². The van der Waals surface area contributed by atoms with Crippen LogP contribution in [0.15, 0.2) is 0 Å². The summed E-state index contributed by atoms with van der Waals surface area (Å²) in [6.07, 6.45) is 0.716. The number of hydrogen-bond donors (Lipinski definition) is 3. The van der Waals surface area contributed by atoms with Gasteiger partial charge in [-0.3, -0.25) is 0 Å². The molecule has 3 N–H and O–H groups in total. The Labute approximate surface area is 121 Å². The number of aliphatic carboxylic acids is 1. The zero-order valence-electron chi connectivity index (χ0n) is 13.3. The highest BCUT2D eigenvalue weighted by molar-refractivity contribution is 5.86. The second-order valence-electron chi connectivity index (χ2n) is 5.08. The van der Waals surface area contributed by atoms with Gasteiger partial charge in [0.05, 0.1) is 0 Å². The van der Waals surface area contributed by atoms with Gasteiger partial charge in [-0.15, -0.1) is 0 Å². The number of carbonyl (C=O) groups is 2. The first-order chi connectivity index (χ1) is 9.34. The van der Waals surface area contributed by atoms with Gasteiger partial charge < -0.3 is 20.6 Å². The van der Waals surface area contributed by atoms with Crippen LogP contribution in [0.1, 0.15) is 47.5 Å². The predicted molar refractivity (Wildman–Crippen MR) is 79.9 cm³/mol. The standard InChI is InChI=1S/C14H29N3O3/c1-6-14(7-2,12(18)19)16-13(20)15-11(5)10-17(8-3)9-4/h11H,6-10H2,1-5H3,(H,18,19)(H2,15,16,20). The van der Waals surface area contributed by atoms with Crippen LogP contribution in [-0.4, -0.2) is 53.2 Å². The monoisotopic (exact) mass is 287 g/mol. The van der Waals surface area contributed by atoms with Crippen molar-refractivity contribution in [3.63, 3.8) is 0 Å². The van der Waals surface area contributed by atoms with Crippen molar-refractivity contribution in [2.45, 2.75) is 59.0 Å². The molecule has 0 saturated heterocycles. The molecule has 0 aliphatic carbocycles. The highest BCUT2D eigenvalue weighted by Gasteiger charge is 2.36. The lowest BCUT2D eigenvalue weighted by molar-refractivity contribution is -0.144. The van der Waals surface area contributed by atoms with E-state index in [1.54, 1.807) is 13.8 Å². The predicted octanol–water partition coefficient (Wildman–Crippen LogP) is 1.66. The molecule has 0 aromatic rings. The molecule has 1 unspecified atom stereocenters. The van der Waals surface area contributed by atoms with Crippen molar-refractivity contribution in [2.24, 2.45) is 0 Å². The molecular formula is C14H29N3O3. The van der Waals surface area contributed by atoms with Gasteiger partial charge in [-0.1, -0.05) is 27.7 Å². The first-order valence-electron chi connectivity index (χ1n) is 7.39. The highest BCUT2D eigenvalue weighted by Crippen LogP contribution is 2.15. The molecule has 2 amide bonds. The third-order valence-corrected chi connectivity index (χ3v) is 3.77. The Kier molecular flexibility index (Phi) is 8.22. The summed E-state index contributed by atoms with van der Waals surface area (Å²) >= 11 is 0. The number of carbonyl (C=O) groups excluding carboxylic acids is 1. The Bertz CT molecular complexity index is 313. The minimum absolute atomic E-state index is 0.0323. The summed E-state index contributed by atoms with van der Waals surface area (Å²) in [5.74, 6) is -0.992. The number of amides is 2. The van der Waals surface area contributed by atoms with E-state index in [1.807, 2.05) is 6.92 Å². The van der Waals surface area contributed by atoms with Crippen LogP contribution in [-0.2, 0) is 4.79 Å². The Morgan fingerprint density at radius 1 is 1.15 bits per heavy atom. The van der Waals surface area contributed by atoms with Crippen molar-refractivity contribution in [1.29, 1.82) is 0 Å². The first-order valence-corrected chi connectivity index (χ1v) is 7.39. The second-order valence-corrected chi connectivity index (χ2v) is 5.08. The maximum atomic E-state index is 11.9. The van der Waals surface area contributed by atoms with Gasteiger partial charge in [-0.2, -0.15) is 0 Å². The van der Waals surface area contributed by atoms with Crippen LogP contribution in [0.3, 0.4) is 0 Å². The van der Waals surface area contributed by atoms with Crippen molar-refractivity contribution in [2.75, 3.05) is 19.6 Å². The number of rotatable bonds is 9. The third kappa shape index (κ3) is 5.36. The molecule has 0 radical (unpaired) electrons. The fourth-order valence-corrected chi connectivity index (χ4v) is 2.17. The van der Waals surface area contributed by atoms with Crippen molar-refractivity contribution in [3.05, 3.63) is 0 Å². The van der Waals surface area contributed by atoms with E-state index in [9.17, 15) is 14.7 Å². The minimum atomic E-state index is -1.18. The van der Waals surface area contributed by atoms with Crippen molar-refractivity contribution >= 4 is 12.0 Å². The Balaban J connectivity index is 4.50. The SMILES string of the molecule is CCN(CC)CC(C)NC(=O)NC(CC)(CC)C(=O)O.